The van der Waals surface area contributed by atoms with Gasteiger partial charge in [0.2, 0.25) is 0 Å². The molecule has 3 rings (SSSR count). The fraction of sp³-hybridized carbons (Fsp3) is 0.235. The minimum atomic E-state index is -0.560. The number of rotatable bonds is 4. The zero-order valence-corrected chi connectivity index (χ0v) is 13.5. The van der Waals surface area contributed by atoms with Crippen LogP contribution in [0.1, 0.15) is 23.1 Å². The molecule has 0 aliphatic carbocycles. The number of hydrogen-bond donors (Lipinski definition) is 0. The summed E-state index contributed by atoms with van der Waals surface area (Å²) in [6, 6.07) is 6.14. The highest BCUT2D eigenvalue weighted by molar-refractivity contribution is 5.94. The Morgan fingerprint density at radius 3 is 2.83 bits per heavy atom. The van der Waals surface area contributed by atoms with E-state index in [-0.39, 0.29) is 17.9 Å². The van der Waals surface area contributed by atoms with Gasteiger partial charge in [0.15, 0.2) is 11.3 Å². The number of aromatic nitrogens is 3. The molecule has 0 aliphatic rings. The van der Waals surface area contributed by atoms with Gasteiger partial charge in [-0.3, -0.25) is 4.40 Å². The molecular weight excluding hydrogens is 313 g/mol. The quantitative estimate of drug-likeness (QED) is 0.688. The van der Waals surface area contributed by atoms with E-state index in [0.717, 1.165) is 5.69 Å². The molecule has 0 amide bonds. The van der Waals surface area contributed by atoms with Crippen molar-refractivity contribution in [3.8, 4) is 17.0 Å². The third-order valence-corrected chi connectivity index (χ3v) is 3.61. The molecule has 0 N–H and O–H groups in total. The van der Waals surface area contributed by atoms with Crippen molar-refractivity contribution in [3.05, 3.63) is 47.8 Å². The van der Waals surface area contributed by atoms with Crippen molar-refractivity contribution < 1.29 is 18.7 Å². The van der Waals surface area contributed by atoms with Crippen molar-refractivity contribution in [2.45, 2.75) is 13.8 Å². The van der Waals surface area contributed by atoms with Crippen LogP contribution in [0.5, 0.6) is 5.75 Å². The Morgan fingerprint density at radius 1 is 1.33 bits per heavy atom. The molecule has 0 unspecified atom stereocenters. The van der Waals surface area contributed by atoms with Gasteiger partial charge < -0.3 is 9.47 Å². The minimum Gasteiger partial charge on any atom is -0.497 e. The van der Waals surface area contributed by atoms with Crippen molar-refractivity contribution in [3.63, 3.8) is 0 Å². The van der Waals surface area contributed by atoms with Gasteiger partial charge in [0, 0.05) is 11.3 Å². The number of hydrogen-bond acceptors (Lipinski definition) is 5. The SMILES string of the molecule is CCOC(=O)c1ncn2c(C)cc(-c3cc(OC)ccc3F)nc12. The maximum Gasteiger partial charge on any atom is 0.360 e. The minimum absolute atomic E-state index is 0.102. The first kappa shape index (κ1) is 15.9. The second kappa shape index (κ2) is 6.27. The zero-order chi connectivity index (χ0) is 17.3. The fourth-order valence-electron chi connectivity index (χ4n) is 2.43. The van der Waals surface area contributed by atoms with Gasteiger partial charge >= 0.3 is 5.97 Å². The van der Waals surface area contributed by atoms with Gasteiger partial charge in [0.05, 0.1) is 19.4 Å². The molecule has 0 saturated carbocycles. The molecular formula is C17H16FN3O3. The van der Waals surface area contributed by atoms with Crippen LogP contribution in [0.4, 0.5) is 4.39 Å². The summed E-state index contributed by atoms with van der Waals surface area (Å²) >= 11 is 0. The van der Waals surface area contributed by atoms with Gasteiger partial charge in [0.1, 0.15) is 17.9 Å². The third kappa shape index (κ3) is 2.68. The Kier molecular flexibility index (Phi) is 4.16. The molecule has 0 radical (unpaired) electrons. The molecule has 0 aliphatic heterocycles. The fourth-order valence-corrected chi connectivity index (χ4v) is 2.43. The van der Waals surface area contributed by atoms with Crippen molar-refractivity contribution >= 4 is 11.6 Å². The summed E-state index contributed by atoms with van der Waals surface area (Å²) in [7, 11) is 1.51. The van der Waals surface area contributed by atoms with E-state index in [2.05, 4.69) is 9.97 Å². The number of imidazole rings is 1. The summed E-state index contributed by atoms with van der Waals surface area (Å²) in [6.45, 7) is 3.78. The second-order valence-electron chi connectivity index (χ2n) is 5.14. The molecule has 124 valence electrons. The summed E-state index contributed by atoms with van der Waals surface area (Å²) in [6.07, 6.45) is 1.50. The third-order valence-electron chi connectivity index (χ3n) is 3.61. The second-order valence-corrected chi connectivity index (χ2v) is 5.14. The monoisotopic (exact) mass is 329 g/mol. The van der Waals surface area contributed by atoms with Crippen LogP contribution in [0.25, 0.3) is 16.9 Å². The highest BCUT2D eigenvalue weighted by atomic mass is 19.1. The Labute approximate surface area is 137 Å². The number of ether oxygens (including phenoxy) is 2. The molecule has 7 heteroatoms. The predicted octanol–water partition coefficient (Wildman–Crippen LogP) is 3.03. The summed E-state index contributed by atoms with van der Waals surface area (Å²) in [5.74, 6) is -0.468. The molecule has 2 aromatic heterocycles. The van der Waals surface area contributed by atoms with Gasteiger partial charge in [0.25, 0.3) is 0 Å². The van der Waals surface area contributed by atoms with E-state index in [4.69, 9.17) is 9.47 Å². The van der Waals surface area contributed by atoms with Gasteiger partial charge in [-0.25, -0.2) is 19.2 Å². The lowest BCUT2D eigenvalue weighted by Crippen LogP contribution is -2.07. The number of benzene rings is 1. The zero-order valence-electron chi connectivity index (χ0n) is 13.5. The maximum atomic E-state index is 14.2. The van der Waals surface area contributed by atoms with E-state index in [1.165, 1.54) is 25.6 Å². The largest absolute Gasteiger partial charge is 0.497 e. The maximum absolute atomic E-state index is 14.2. The molecule has 2 heterocycles. The molecule has 0 atom stereocenters. The summed E-state index contributed by atoms with van der Waals surface area (Å²) in [5, 5.41) is 0. The smallest absolute Gasteiger partial charge is 0.360 e. The lowest BCUT2D eigenvalue weighted by molar-refractivity contribution is 0.0522. The molecule has 24 heavy (non-hydrogen) atoms. The molecule has 6 nitrogen and oxygen atoms in total. The number of fused-ring (bicyclic) bond motifs is 1. The Hall–Kier alpha value is -2.96. The van der Waals surface area contributed by atoms with Crippen molar-refractivity contribution in [2.75, 3.05) is 13.7 Å². The van der Waals surface area contributed by atoms with Crippen LogP contribution < -0.4 is 4.74 Å². The highest BCUT2D eigenvalue weighted by Crippen LogP contribution is 2.27. The van der Waals surface area contributed by atoms with Gasteiger partial charge in [-0.2, -0.15) is 0 Å². The molecule has 0 saturated heterocycles. The normalized spacial score (nSPS) is 10.8. The van der Waals surface area contributed by atoms with Gasteiger partial charge in [-0.05, 0) is 38.1 Å². The molecule has 1 aromatic carbocycles. The molecule has 0 fully saturated rings. The standard InChI is InChI=1S/C17H16FN3O3/c1-4-24-17(22)15-16-20-14(7-10(2)21(16)9-19-15)12-8-11(23-3)5-6-13(12)18/h5-9H,4H2,1-3H3. The van der Waals surface area contributed by atoms with Gasteiger partial charge in [-0.1, -0.05) is 0 Å². The Bertz CT molecular complexity index is 921. The van der Waals surface area contributed by atoms with Crippen LogP contribution in [0.3, 0.4) is 0 Å². The van der Waals surface area contributed by atoms with Crippen LogP contribution in [0.2, 0.25) is 0 Å². The van der Waals surface area contributed by atoms with Crippen LogP contribution in [0.15, 0.2) is 30.6 Å². The number of carbonyl (C=O) groups is 1. The topological polar surface area (TPSA) is 65.7 Å². The van der Waals surface area contributed by atoms with Crippen molar-refractivity contribution in [1.82, 2.24) is 14.4 Å². The van der Waals surface area contributed by atoms with Crippen LogP contribution in [-0.2, 0) is 4.74 Å². The number of esters is 1. The highest BCUT2D eigenvalue weighted by Gasteiger charge is 2.19. The van der Waals surface area contributed by atoms with E-state index in [1.54, 1.807) is 23.5 Å². The van der Waals surface area contributed by atoms with E-state index >= 15 is 0 Å². The number of aryl methyl sites for hydroxylation is 1. The summed E-state index contributed by atoms with van der Waals surface area (Å²) in [4.78, 5) is 20.5. The van der Waals surface area contributed by atoms with Crippen LogP contribution in [0, 0.1) is 12.7 Å². The average Bonchev–Trinajstić information content (AvgIpc) is 3.00. The van der Waals surface area contributed by atoms with Gasteiger partial charge in [-0.15, -0.1) is 0 Å². The lowest BCUT2D eigenvalue weighted by Gasteiger charge is -2.09. The first-order chi connectivity index (χ1) is 11.5. The predicted molar refractivity (Wildman–Crippen MR) is 85.6 cm³/mol. The van der Waals surface area contributed by atoms with E-state index < -0.39 is 11.8 Å². The Morgan fingerprint density at radius 2 is 2.12 bits per heavy atom. The van der Waals surface area contributed by atoms with E-state index in [9.17, 15) is 9.18 Å². The van der Waals surface area contributed by atoms with Crippen LogP contribution >= 0.6 is 0 Å². The van der Waals surface area contributed by atoms with E-state index in [1.807, 2.05) is 6.92 Å². The first-order valence-corrected chi connectivity index (χ1v) is 7.41. The molecule has 0 bridgehead atoms. The van der Waals surface area contributed by atoms with Crippen molar-refractivity contribution in [1.29, 1.82) is 0 Å². The summed E-state index contributed by atoms with van der Waals surface area (Å²) < 4.78 is 26.0. The first-order valence-electron chi connectivity index (χ1n) is 7.41. The number of halogens is 1. The molecule has 3 aromatic rings. The number of carbonyl (C=O) groups excluding carboxylic acids is 1. The number of methoxy groups -OCH3 is 1. The number of nitrogens with zero attached hydrogens (tertiary/aromatic N) is 3. The lowest BCUT2D eigenvalue weighted by atomic mass is 10.1. The van der Waals surface area contributed by atoms with Crippen molar-refractivity contribution in [2.24, 2.45) is 0 Å². The molecule has 0 spiro atoms. The Balaban J connectivity index is 2.20. The van der Waals surface area contributed by atoms with Crippen LogP contribution in [-0.4, -0.2) is 34.1 Å². The average molecular weight is 329 g/mol. The summed E-state index contributed by atoms with van der Waals surface area (Å²) in [5.41, 5.74) is 1.87. The van der Waals surface area contributed by atoms with E-state index in [0.29, 0.717) is 17.1 Å².